The van der Waals surface area contributed by atoms with E-state index in [0.29, 0.717) is 24.4 Å². The summed E-state index contributed by atoms with van der Waals surface area (Å²) in [5.41, 5.74) is 1.59. The molecule has 1 atom stereocenters. The highest BCUT2D eigenvalue weighted by Gasteiger charge is 2.05. The van der Waals surface area contributed by atoms with Crippen LogP contribution in [-0.2, 0) is 6.54 Å². The fraction of sp³-hybridized carbons (Fsp3) is 0.235. The maximum atomic E-state index is 12.7. The Hall–Kier alpha value is -2.13. The second-order valence-corrected chi connectivity index (χ2v) is 4.86. The van der Waals surface area contributed by atoms with Gasteiger partial charge in [0.25, 0.3) is 0 Å². The Morgan fingerprint density at radius 3 is 2.65 bits per heavy atom. The van der Waals surface area contributed by atoms with E-state index in [1.165, 1.54) is 24.3 Å². The third-order valence-electron chi connectivity index (χ3n) is 3.02. The second-order valence-electron chi connectivity index (χ2n) is 4.86. The van der Waals surface area contributed by atoms with Crippen molar-refractivity contribution < 1.29 is 14.2 Å². The maximum absolute atomic E-state index is 12.7. The van der Waals surface area contributed by atoms with Gasteiger partial charge in [-0.2, -0.15) is 5.26 Å². The number of benzene rings is 2. The Labute approximate surface area is 140 Å². The van der Waals surface area contributed by atoms with Crippen LogP contribution in [0.5, 0.6) is 5.75 Å². The highest BCUT2D eigenvalue weighted by molar-refractivity contribution is 5.85. The van der Waals surface area contributed by atoms with Crippen LogP contribution in [0.2, 0.25) is 0 Å². The van der Waals surface area contributed by atoms with Gasteiger partial charge in [-0.25, -0.2) is 4.39 Å². The van der Waals surface area contributed by atoms with Crippen LogP contribution in [0, 0.1) is 17.1 Å². The molecule has 0 aliphatic carbocycles. The molecule has 0 heterocycles. The molecular formula is C17H18ClFN2O2. The van der Waals surface area contributed by atoms with Crippen molar-refractivity contribution in [3.63, 3.8) is 0 Å². The summed E-state index contributed by atoms with van der Waals surface area (Å²) < 4.78 is 18.1. The van der Waals surface area contributed by atoms with Gasteiger partial charge in [0.05, 0.1) is 11.6 Å². The zero-order chi connectivity index (χ0) is 15.8. The first-order valence-corrected chi connectivity index (χ1v) is 6.93. The zero-order valence-electron chi connectivity index (χ0n) is 12.4. The molecule has 4 nitrogen and oxygen atoms in total. The lowest BCUT2D eigenvalue weighted by Gasteiger charge is -2.13. The topological polar surface area (TPSA) is 65.3 Å². The van der Waals surface area contributed by atoms with Gasteiger partial charge < -0.3 is 15.2 Å². The molecule has 0 fully saturated rings. The van der Waals surface area contributed by atoms with Crippen molar-refractivity contribution in [2.75, 3.05) is 13.2 Å². The number of hydrogen-bond donors (Lipinski definition) is 2. The molecule has 122 valence electrons. The number of rotatable bonds is 7. The Bertz CT molecular complexity index is 644. The molecule has 0 saturated carbocycles. The van der Waals surface area contributed by atoms with Gasteiger partial charge in [-0.1, -0.05) is 12.1 Å². The molecule has 0 saturated heterocycles. The van der Waals surface area contributed by atoms with Crippen LogP contribution in [0.1, 0.15) is 11.1 Å². The van der Waals surface area contributed by atoms with Gasteiger partial charge in [-0.15, -0.1) is 12.4 Å². The lowest BCUT2D eigenvalue weighted by molar-refractivity contribution is 0.106. The number of ether oxygens (including phenoxy) is 1. The highest BCUT2D eigenvalue weighted by Crippen LogP contribution is 2.11. The van der Waals surface area contributed by atoms with Gasteiger partial charge in [0.15, 0.2) is 0 Å². The molecule has 0 aliphatic rings. The largest absolute Gasteiger partial charge is 0.491 e. The predicted octanol–water partition coefficient (Wildman–Crippen LogP) is 2.65. The van der Waals surface area contributed by atoms with Crippen LogP contribution in [0.3, 0.4) is 0 Å². The first-order valence-electron chi connectivity index (χ1n) is 6.93. The fourth-order valence-electron chi connectivity index (χ4n) is 1.92. The Morgan fingerprint density at radius 1 is 1.22 bits per heavy atom. The average molecular weight is 337 g/mol. The van der Waals surface area contributed by atoms with Crippen LogP contribution in [0.15, 0.2) is 48.5 Å². The minimum absolute atomic E-state index is 0. The SMILES string of the molecule is Cl.N#Cc1cccc(CNCC(O)COc2ccc(F)cc2)c1. The average Bonchev–Trinajstić information content (AvgIpc) is 2.54. The van der Waals surface area contributed by atoms with Crippen molar-refractivity contribution in [3.05, 3.63) is 65.5 Å². The molecule has 0 radical (unpaired) electrons. The van der Waals surface area contributed by atoms with E-state index >= 15 is 0 Å². The van der Waals surface area contributed by atoms with Gasteiger partial charge >= 0.3 is 0 Å². The van der Waals surface area contributed by atoms with E-state index in [-0.39, 0.29) is 24.8 Å². The molecule has 0 amide bonds. The lowest BCUT2D eigenvalue weighted by Crippen LogP contribution is -2.31. The summed E-state index contributed by atoms with van der Waals surface area (Å²) in [7, 11) is 0. The van der Waals surface area contributed by atoms with Crippen molar-refractivity contribution in [3.8, 4) is 11.8 Å². The Balaban J connectivity index is 0.00000264. The smallest absolute Gasteiger partial charge is 0.123 e. The quantitative estimate of drug-likeness (QED) is 0.816. The van der Waals surface area contributed by atoms with E-state index in [1.807, 2.05) is 12.1 Å². The Kier molecular flexibility index (Phi) is 8.06. The van der Waals surface area contributed by atoms with Crippen LogP contribution in [-0.4, -0.2) is 24.4 Å². The first kappa shape index (κ1) is 18.9. The molecule has 0 aromatic heterocycles. The predicted molar refractivity (Wildman–Crippen MR) is 88.0 cm³/mol. The number of nitriles is 1. The van der Waals surface area contributed by atoms with Gasteiger partial charge in [0, 0.05) is 13.1 Å². The van der Waals surface area contributed by atoms with Gasteiger partial charge in [-0.3, -0.25) is 0 Å². The van der Waals surface area contributed by atoms with Crippen LogP contribution >= 0.6 is 12.4 Å². The molecule has 1 unspecified atom stereocenters. The molecular weight excluding hydrogens is 319 g/mol. The van der Waals surface area contributed by atoms with Gasteiger partial charge in [0.2, 0.25) is 0 Å². The van der Waals surface area contributed by atoms with Crippen molar-refractivity contribution in [1.29, 1.82) is 5.26 Å². The molecule has 0 bridgehead atoms. The number of hydrogen-bond acceptors (Lipinski definition) is 4. The number of aliphatic hydroxyl groups is 1. The minimum Gasteiger partial charge on any atom is -0.491 e. The van der Waals surface area contributed by atoms with E-state index in [4.69, 9.17) is 10.00 Å². The summed E-state index contributed by atoms with van der Waals surface area (Å²) >= 11 is 0. The molecule has 0 spiro atoms. The second kappa shape index (κ2) is 9.80. The fourth-order valence-corrected chi connectivity index (χ4v) is 1.92. The number of nitrogens with one attached hydrogen (secondary N) is 1. The molecule has 2 N–H and O–H groups in total. The van der Waals surface area contributed by atoms with Crippen LogP contribution in [0.4, 0.5) is 4.39 Å². The molecule has 0 aliphatic heterocycles. The number of nitrogens with zero attached hydrogens (tertiary/aromatic N) is 1. The summed E-state index contributed by atoms with van der Waals surface area (Å²) in [6, 6.07) is 15.0. The van der Waals surface area contributed by atoms with Crippen molar-refractivity contribution in [2.24, 2.45) is 0 Å². The minimum atomic E-state index is -0.677. The maximum Gasteiger partial charge on any atom is 0.123 e. The lowest BCUT2D eigenvalue weighted by atomic mass is 10.1. The molecule has 23 heavy (non-hydrogen) atoms. The molecule has 2 aromatic carbocycles. The van der Waals surface area contributed by atoms with Gasteiger partial charge in [-0.05, 0) is 42.0 Å². The summed E-state index contributed by atoms with van der Waals surface area (Å²) in [4.78, 5) is 0. The van der Waals surface area contributed by atoms with E-state index in [1.54, 1.807) is 12.1 Å². The van der Waals surface area contributed by atoms with E-state index in [2.05, 4.69) is 11.4 Å². The summed E-state index contributed by atoms with van der Waals surface area (Å²) in [5.74, 6) is 0.191. The van der Waals surface area contributed by atoms with Crippen molar-refractivity contribution >= 4 is 12.4 Å². The standard InChI is InChI=1S/C17H17FN2O2.ClH/c18-15-4-6-17(7-5-15)22-12-16(21)11-20-10-14-3-1-2-13(8-14)9-19;/h1-8,16,20-21H,10-12H2;1H. The van der Waals surface area contributed by atoms with E-state index < -0.39 is 6.10 Å². The molecule has 2 rings (SSSR count). The third kappa shape index (κ3) is 6.66. The zero-order valence-corrected chi connectivity index (χ0v) is 13.2. The van der Waals surface area contributed by atoms with Crippen molar-refractivity contribution in [2.45, 2.75) is 12.6 Å². The Morgan fingerprint density at radius 2 is 1.96 bits per heavy atom. The summed E-state index contributed by atoms with van der Waals surface area (Å²) in [5, 5.41) is 21.7. The number of aliphatic hydroxyl groups excluding tert-OH is 1. The molecule has 2 aromatic rings. The van der Waals surface area contributed by atoms with Gasteiger partial charge in [0.1, 0.15) is 24.3 Å². The van der Waals surface area contributed by atoms with E-state index in [0.717, 1.165) is 5.56 Å². The monoisotopic (exact) mass is 336 g/mol. The van der Waals surface area contributed by atoms with Crippen LogP contribution < -0.4 is 10.1 Å². The summed E-state index contributed by atoms with van der Waals surface area (Å²) in [6.07, 6.45) is -0.677. The number of halogens is 2. The normalized spacial score (nSPS) is 11.2. The first-order chi connectivity index (χ1) is 10.7. The molecule has 6 heteroatoms. The van der Waals surface area contributed by atoms with E-state index in [9.17, 15) is 9.50 Å². The third-order valence-corrected chi connectivity index (χ3v) is 3.02. The highest BCUT2D eigenvalue weighted by atomic mass is 35.5. The van der Waals surface area contributed by atoms with Crippen LogP contribution in [0.25, 0.3) is 0 Å². The van der Waals surface area contributed by atoms with Crippen molar-refractivity contribution in [1.82, 2.24) is 5.32 Å². The summed E-state index contributed by atoms with van der Waals surface area (Å²) in [6.45, 7) is 1.04.